The summed E-state index contributed by atoms with van der Waals surface area (Å²) in [7, 11) is -0.223. The van der Waals surface area contributed by atoms with Gasteiger partial charge in [0.05, 0.1) is 25.3 Å². The summed E-state index contributed by atoms with van der Waals surface area (Å²) < 4.78 is 33.1. The van der Waals surface area contributed by atoms with Crippen LogP contribution in [0.4, 0.5) is 0 Å². The van der Waals surface area contributed by atoms with E-state index < -0.39 is 15.7 Å². The SMILES string of the molecule is COc1ccc(/C=N/NC(=O)c2ccc(S(C)(=O)=O)cc2)cc1OC. The van der Waals surface area contributed by atoms with E-state index in [2.05, 4.69) is 10.5 Å². The van der Waals surface area contributed by atoms with Crippen LogP contribution in [0.3, 0.4) is 0 Å². The molecule has 25 heavy (non-hydrogen) atoms. The number of ether oxygens (including phenoxy) is 2. The molecule has 1 N–H and O–H groups in total. The molecule has 0 aliphatic heterocycles. The Morgan fingerprint density at radius 1 is 1.04 bits per heavy atom. The van der Waals surface area contributed by atoms with Crippen molar-refractivity contribution in [3.8, 4) is 11.5 Å². The first kappa shape index (κ1) is 18.5. The molecule has 0 aliphatic rings. The monoisotopic (exact) mass is 362 g/mol. The number of carbonyl (C=O) groups excluding carboxylic acids is 1. The van der Waals surface area contributed by atoms with Gasteiger partial charge in [-0.2, -0.15) is 5.10 Å². The number of amides is 1. The average Bonchev–Trinajstić information content (AvgIpc) is 2.60. The molecular formula is C17H18N2O5S. The summed E-state index contributed by atoms with van der Waals surface area (Å²) in [6.07, 6.45) is 2.57. The zero-order chi connectivity index (χ0) is 18.4. The third-order valence-electron chi connectivity index (χ3n) is 3.33. The van der Waals surface area contributed by atoms with Crippen LogP contribution in [0.2, 0.25) is 0 Å². The van der Waals surface area contributed by atoms with Gasteiger partial charge in [-0.05, 0) is 48.0 Å². The summed E-state index contributed by atoms with van der Waals surface area (Å²) in [5.74, 6) is 0.695. The molecule has 0 fully saturated rings. The largest absolute Gasteiger partial charge is 0.493 e. The van der Waals surface area contributed by atoms with Crippen molar-refractivity contribution in [2.45, 2.75) is 4.90 Å². The summed E-state index contributed by atoms with van der Waals surface area (Å²) in [6, 6.07) is 10.8. The van der Waals surface area contributed by atoms with Crippen LogP contribution < -0.4 is 14.9 Å². The van der Waals surface area contributed by atoms with Gasteiger partial charge in [0, 0.05) is 11.8 Å². The lowest BCUT2D eigenvalue weighted by Gasteiger charge is -2.07. The molecular weight excluding hydrogens is 344 g/mol. The highest BCUT2D eigenvalue weighted by Crippen LogP contribution is 2.26. The van der Waals surface area contributed by atoms with Crippen molar-refractivity contribution in [1.29, 1.82) is 0 Å². The molecule has 132 valence electrons. The molecule has 1 amide bonds. The number of carbonyl (C=O) groups is 1. The first-order valence-electron chi connectivity index (χ1n) is 7.20. The zero-order valence-corrected chi connectivity index (χ0v) is 14.8. The molecule has 0 saturated carbocycles. The van der Waals surface area contributed by atoms with Gasteiger partial charge >= 0.3 is 0 Å². The number of hydrogen-bond donors (Lipinski definition) is 1. The number of methoxy groups -OCH3 is 2. The zero-order valence-electron chi connectivity index (χ0n) is 14.0. The standard InChI is InChI=1S/C17H18N2O5S/c1-23-15-9-4-12(10-16(15)24-2)11-18-19-17(20)13-5-7-14(8-6-13)25(3,21)22/h4-11H,1-3H3,(H,19,20)/b18-11+. The molecule has 0 atom stereocenters. The van der Waals surface area contributed by atoms with Crippen molar-refractivity contribution >= 4 is 22.0 Å². The van der Waals surface area contributed by atoms with E-state index in [1.54, 1.807) is 25.3 Å². The normalized spacial score (nSPS) is 11.3. The van der Waals surface area contributed by atoms with E-state index >= 15 is 0 Å². The second-order valence-electron chi connectivity index (χ2n) is 5.11. The molecule has 0 bridgehead atoms. The first-order valence-corrected chi connectivity index (χ1v) is 9.10. The molecule has 2 aromatic rings. The lowest BCUT2D eigenvalue weighted by atomic mass is 10.2. The van der Waals surface area contributed by atoms with E-state index in [0.29, 0.717) is 22.6 Å². The Balaban J connectivity index is 2.05. The number of nitrogens with one attached hydrogen (secondary N) is 1. The van der Waals surface area contributed by atoms with Gasteiger partial charge in [0.1, 0.15) is 0 Å². The molecule has 0 aromatic heterocycles. The van der Waals surface area contributed by atoms with Crippen LogP contribution in [0, 0.1) is 0 Å². The van der Waals surface area contributed by atoms with Crippen molar-refractivity contribution in [1.82, 2.24) is 5.43 Å². The van der Waals surface area contributed by atoms with E-state index in [4.69, 9.17) is 9.47 Å². The second-order valence-corrected chi connectivity index (χ2v) is 7.13. The van der Waals surface area contributed by atoms with Crippen LogP contribution in [0.5, 0.6) is 11.5 Å². The maximum absolute atomic E-state index is 12.0. The Hall–Kier alpha value is -2.87. The number of benzene rings is 2. The smallest absolute Gasteiger partial charge is 0.271 e. The van der Waals surface area contributed by atoms with Gasteiger partial charge in [-0.25, -0.2) is 13.8 Å². The fraction of sp³-hybridized carbons (Fsp3) is 0.176. The van der Waals surface area contributed by atoms with Gasteiger partial charge in [0.2, 0.25) is 0 Å². The van der Waals surface area contributed by atoms with E-state index in [-0.39, 0.29) is 4.90 Å². The van der Waals surface area contributed by atoms with Crippen LogP contribution in [0.25, 0.3) is 0 Å². The van der Waals surface area contributed by atoms with Crippen LogP contribution in [0.15, 0.2) is 52.5 Å². The number of hydrazone groups is 1. The molecule has 8 heteroatoms. The number of hydrogen-bond acceptors (Lipinski definition) is 6. The van der Waals surface area contributed by atoms with Gasteiger partial charge in [0.15, 0.2) is 21.3 Å². The summed E-state index contributed by atoms with van der Waals surface area (Å²) >= 11 is 0. The van der Waals surface area contributed by atoms with Crippen molar-refractivity contribution in [2.75, 3.05) is 20.5 Å². The number of nitrogens with zero attached hydrogens (tertiary/aromatic N) is 1. The minimum absolute atomic E-state index is 0.151. The lowest BCUT2D eigenvalue weighted by Crippen LogP contribution is -2.17. The van der Waals surface area contributed by atoms with E-state index in [9.17, 15) is 13.2 Å². The van der Waals surface area contributed by atoms with Crippen LogP contribution in [-0.2, 0) is 9.84 Å². The maximum Gasteiger partial charge on any atom is 0.271 e. The predicted molar refractivity (Wildman–Crippen MR) is 94.2 cm³/mol. The predicted octanol–water partition coefficient (Wildman–Crippen LogP) is 1.87. The van der Waals surface area contributed by atoms with Crippen molar-refractivity contribution < 1.29 is 22.7 Å². The summed E-state index contributed by atoms with van der Waals surface area (Å²) in [5.41, 5.74) is 3.40. The maximum atomic E-state index is 12.0. The third kappa shape index (κ3) is 4.80. The molecule has 2 rings (SSSR count). The summed E-state index contributed by atoms with van der Waals surface area (Å²) in [4.78, 5) is 12.2. The van der Waals surface area contributed by atoms with Gasteiger partial charge in [-0.15, -0.1) is 0 Å². The van der Waals surface area contributed by atoms with Crippen molar-refractivity contribution in [2.24, 2.45) is 5.10 Å². The molecule has 0 unspecified atom stereocenters. The Labute approximate surface area is 146 Å². The molecule has 0 saturated heterocycles. The minimum atomic E-state index is -3.29. The lowest BCUT2D eigenvalue weighted by molar-refractivity contribution is 0.0955. The minimum Gasteiger partial charge on any atom is -0.493 e. The Morgan fingerprint density at radius 2 is 1.68 bits per heavy atom. The fourth-order valence-electron chi connectivity index (χ4n) is 2.02. The summed E-state index contributed by atoms with van der Waals surface area (Å²) in [6.45, 7) is 0. The number of rotatable bonds is 6. The van der Waals surface area contributed by atoms with Crippen LogP contribution in [-0.4, -0.2) is 41.0 Å². The first-order chi connectivity index (χ1) is 11.8. The molecule has 0 spiro atoms. The summed E-state index contributed by atoms with van der Waals surface area (Å²) in [5, 5.41) is 3.88. The molecule has 0 aliphatic carbocycles. The van der Waals surface area contributed by atoms with Gasteiger partial charge in [-0.1, -0.05) is 0 Å². The Bertz CT molecular complexity index is 890. The topological polar surface area (TPSA) is 94.1 Å². The molecule has 7 nitrogen and oxygen atoms in total. The van der Waals surface area contributed by atoms with E-state index in [1.165, 1.54) is 37.6 Å². The van der Waals surface area contributed by atoms with E-state index in [0.717, 1.165) is 6.26 Å². The average molecular weight is 362 g/mol. The Morgan fingerprint density at radius 3 is 2.24 bits per heavy atom. The third-order valence-corrected chi connectivity index (χ3v) is 4.46. The number of sulfone groups is 1. The molecule has 2 aromatic carbocycles. The highest BCUT2D eigenvalue weighted by atomic mass is 32.2. The van der Waals surface area contributed by atoms with Crippen molar-refractivity contribution in [3.05, 3.63) is 53.6 Å². The van der Waals surface area contributed by atoms with Crippen LogP contribution in [0.1, 0.15) is 15.9 Å². The molecule has 0 heterocycles. The molecule has 0 radical (unpaired) electrons. The van der Waals surface area contributed by atoms with Gasteiger partial charge < -0.3 is 9.47 Å². The highest BCUT2D eigenvalue weighted by Gasteiger charge is 2.09. The highest BCUT2D eigenvalue weighted by molar-refractivity contribution is 7.90. The quantitative estimate of drug-likeness (QED) is 0.625. The Kier molecular flexibility index (Phi) is 5.76. The van der Waals surface area contributed by atoms with E-state index in [1.807, 2.05) is 0 Å². The second kappa shape index (κ2) is 7.80. The van der Waals surface area contributed by atoms with Crippen molar-refractivity contribution in [3.63, 3.8) is 0 Å². The van der Waals surface area contributed by atoms with Crippen LogP contribution >= 0.6 is 0 Å². The fourth-order valence-corrected chi connectivity index (χ4v) is 2.65. The van der Waals surface area contributed by atoms with Gasteiger partial charge in [0.25, 0.3) is 5.91 Å². The van der Waals surface area contributed by atoms with Gasteiger partial charge in [-0.3, -0.25) is 4.79 Å².